The summed E-state index contributed by atoms with van der Waals surface area (Å²) in [5, 5.41) is 7.63. The Labute approximate surface area is 140 Å². The number of rotatable bonds is 6. The number of nitrogens with one attached hydrogen (secondary N) is 2. The van der Waals surface area contributed by atoms with Gasteiger partial charge in [0.15, 0.2) is 0 Å². The van der Waals surface area contributed by atoms with Crippen LogP contribution in [0, 0.1) is 0 Å². The van der Waals surface area contributed by atoms with E-state index in [1.807, 2.05) is 36.4 Å². The van der Waals surface area contributed by atoms with E-state index < -0.39 is 6.04 Å². The lowest BCUT2D eigenvalue weighted by Crippen LogP contribution is -2.34. The van der Waals surface area contributed by atoms with Crippen LogP contribution >= 0.6 is 11.6 Å². The summed E-state index contributed by atoms with van der Waals surface area (Å²) in [4.78, 5) is 12.0. The maximum absolute atomic E-state index is 12.0. The van der Waals surface area contributed by atoms with Gasteiger partial charge in [-0.1, -0.05) is 29.8 Å². The van der Waals surface area contributed by atoms with Crippen molar-refractivity contribution in [3.05, 3.63) is 59.1 Å². The molecule has 1 unspecified atom stereocenters. The van der Waals surface area contributed by atoms with Crippen LogP contribution in [-0.2, 0) is 4.79 Å². The van der Waals surface area contributed by atoms with Gasteiger partial charge in [0.25, 0.3) is 5.91 Å². The number of halogens is 1. The number of anilines is 1. The first-order chi connectivity index (χ1) is 11.1. The smallest absolute Gasteiger partial charge is 0.262 e. The van der Waals surface area contributed by atoms with Crippen molar-refractivity contribution in [3.8, 4) is 5.75 Å². The first-order valence-corrected chi connectivity index (χ1v) is 7.46. The molecule has 23 heavy (non-hydrogen) atoms. The van der Waals surface area contributed by atoms with E-state index in [0.29, 0.717) is 10.8 Å². The lowest BCUT2D eigenvalue weighted by atomic mass is 10.2. The number of hydrogen-bond donors (Lipinski definition) is 2. The molecule has 0 bridgehead atoms. The highest BCUT2D eigenvalue weighted by molar-refractivity contribution is 6.30. The van der Waals surface area contributed by atoms with Gasteiger partial charge in [0.2, 0.25) is 0 Å². The van der Waals surface area contributed by atoms with Gasteiger partial charge in [-0.3, -0.25) is 4.79 Å². The van der Waals surface area contributed by atoms with E-state index in [2.05, 4.69) is 15.8 Å². The van der Waals surface area contributed by atoms with E-state index in [0.717, 1.165) is 11.3 Å². The van der Waals surface area contributed by atoms with Gasteiger partial charge in [-0.2, -0.15) is 5.10 Å². The molecule has 1 amide bonds. The molecule has 2 aromatic rings. The number of methoxy groups -OCH3 is 1. The van der Waals surface area contributed by atoms with Gasteiger partial charge in [-0.15, -0.1) is 0 Å². The zero-order valence-corrected chi connectivity index (χ0v) is 13.7. The maximum atomic E-state index is 12.0. The number of para-hydroxylation sites is 1. The van der Waals surface area contributed by atoms with Crippen LogP contribution in [0.3, 0.4) is 0 Å². The van der Waals surface area contributed by atoms with Crippen molar-refractivity contribution >= 4 is 29.4 Å². The van der Waals surface area contributed by atoms with Crippen LogP contribution in [0.15, 0.2) is 53.6 Å². The predicted octanol–water partition coefficient (Wildman–Crippen LogP) is 3.30. The monoisotopic (exact) mass is 331 g/mol. The van der Waals surface area contributed by atoms with E-state index in [1.165, 1.54) is 0 Å². The first kappa shape index (κ1) is 16.8. The number of ether oxygens (including phenoxy) is 1. The summed E-state index contributed by atoms with van der Waals surface area (Å²) in [6, 6.07) is 14.1. The van der Waals surface area contributed by atoms with Crippen LogP contribution in [-0.4, -0.2) is 25.3 Å². The minimum atomic E-state index is -0.455. The predicted molar refractivity (Wildman–Crippen MR) is 93.3 cm³/mol. The minimum Gasteiger partial charge on any atom is -0.496 e. The van der Waals surface area contributed by atoms with Gasteiger partial charge in [0.05, 0.1) is 13.3 Å². The molecule has 2 aromatic carbocycles. The van der Waals surface area contributed by atoms with Crippen molar-refractivity contribution < 1.29 is 9.53 Å². The summed E-state index contributed by atoms with van der Waals surface area (Å²) in [6.07, 6.45) is 1.54. The molecule has 1 atom stereocenters. The second-order valence-corrected chi connectivity index (χ2v) is 5.29. The summed E-state index contributed by atoms with van der Waals surface area (Å²) in [6.45, 7) is 1.74. The van der Waals surface area contributed by atoms with Crippen molar-refractivity contribution in [2.24, 2.45) is 5.10 Å². The SMILES string of the molecule is COc1ccccc1/C=N/NC(=O)C(C)Nc1cccc(Cl)c1. The topological polar surface area (TPSA) is 62.7 Å². The van der Waals surface area contributed by atoms with E-state index in [-0.39, 0.29) is 5.91 Å². The Morgan fingerprint density at radius 2 is 2.04 bits per heavy atom. The highest BCUT2D eigenvalue weighted by atomic mass is 35.5. The molecule has 0 heterocycles. The Morgan fingerprint density at radius 3 is 2.78 bits per heavy atom. The molecule has 2 rings (SSSR count). The largest absolute Gasteiger partial charge is 0.496 e. The summed E-state index contributed by atoms with van der Waals surface area (Å²) in [5.74, 6) is 0.437. The molecule has 6 heteroatoms. The Kier molecular flexibility index (Phi) is 6.00. The van der Waals surface area contributed by atoms with Crippen LogP contribution in [0.25, 0.3) is 0 Å². The molecule has 0 aliphatic rings. The summed E-state index contributed by atoms with van der Waals surface area (Å²) in [7, 11) is 1.59. The molecule has 0 saturated heterocycles. The van der Waals surface area contributed by atoms with Crippen molar-refractivity contribution in [1.29, 1.82) is 0 Å². The zero-order valence-electron chi connectivity index (χ0n) is 12.9. The quantitative estimate of drug-likeness (QED) is 0.630. The fourth-order valence-electron chi connectivity index (χ4n) is 1.93. The number of benzene rings is 2. The fraction of sp³-hybridized carbons (Fsp3) is 0.176. The van der Waals surface area contributed by atoms with Gasteiger partial charge in [-0.05, 0) is 37.3 Å². The van der Waals surface area contributed by atoms with Crippen LogP contribution in [0.4, 0.5) is 5.69 Å². The Balaban J connectivity index is 1.92. The van der Waals surface area contributed by atoms with Crippen molar-refractivity contribution in [1.82, 2.24) is 5.43 Å². The second-order valence-electron chi connectivity index (χ2n) is 4.85. The maximum Gasteiger partial charge on any atom is 0.262 e. The molecule has 2 N–H and O–H groups in total. The van der Waals surface area contributed by atoms with Crippen LogP contribution in [0.5, 0.6) is 5.75 Å². The molecule has 0 radical (unpaired) electrons. The number of nitrogens with zero attached hydrogens (tertiary/aromatic N) is 1. The molecule has 5 nitrogen and oxygen atoms in total. The Morgan fingerprint density at radius 1 is 1.26 bits per heavy atom. The van der Waals surface area contributed by atoms with E-state index in [1.54, 1.807) is 32.4 Å². The van der Waals surface area contributed by atoms with Crippen molar-refractivity contribution in [2.45, 2.75) is 13.0 Å². The van der Waals surface area contributed by atoms with Crippen molar-refractivity contribution in [2.75, 3.05) is 12.4 Å². The third-order valence-corrected chi connectivity index (χ3v) is 3.35. The van der Waals surface area contributed by atoms with Gasteiger partial charge in [0.1, 0.15) is 11.8 Å². The standard InChI is InChI=1S/C17H18ClN3O2/c1-12(20-15-8-5-7-14(18)10-15)17(22)21-19-11-13-6-3-4-9-16(13)23-2/h3-12,20H,1-2H3,(H,21,22)/b19-11+. The second kappa shape index (κ2) is 8.19. The zero-order chi connectivity index (χ0) is 16.7. The average Bonchev–Trinajstić information content (AvgIpc) is 2.55. The molecule has 0 saturated carbocycles. The lowest BCUT2D eigenvalue weighted by molar-refractivity contribution is -0.121. The van der Waals surface area contributed by atoms with Crippen LogP contribution in [0.1, 0.15) is 12.5 Å². The third-order valence-electron chi connectivity index (χ3n) is 3.12. The van der Waals surface area contributed by atoms with Gasteiger partial charge in [0, 0.05) is 16.3 Å². The third kappa shape index (κ3) is 5.00. The highest BCUT2D eigenvalue weighted by Gasteiger charge is 2.11. The fourth-order valence-corrected chi connectivity index (χ4v) is 2.12. The molecule has 120 valence electrons. The number of hydrazone groups is 1. The first-order valence-electron chi connectivity index (χ1n) is 7.08. The number of amides is 1. The normalized spacial score (nSPS) is 12.0. The molecule has 0 aromatic heterocycles. The highest BCUT2D eigenvalue weighted by Crippen LogP contribution is 2.16. The summed E-state index contributed by atoms with van der Waals surface area (Å²) >= 11 is 5.91. The molecule has 0 fully saturated rings. The van der Waals surface area contributed by atoms with Crippen LogP contribution in [0.2, 0.25) is 5.02 Å². The summed E-state index contributed by atoms with van der Waals surface area (Å²) in [5.41, 5.74) is 4.05. The number of carbonyl (C=O) groups is 1. The van der Waals surface area contributed by atoms with E-state index >= 15 is 0 Å². The van der Waals surface area contributed by atoms with Gasteiger partial charge in [-0.25, -0.2) is 5.43 Å². The molecule has 0 aliphatic carbocycles. The lowest BCUT2D eigenvalue weighted by Gasteiger charge is -2.13. The molecular formula is C17H18ClN3O2. The van der Waals surface area contributed by atoms with Crippen molar-refractivity contribution in [3.63, 3.8) is 0 Å². The molecule has 0 aliphatic heterocycles. The Hall–Kier alpha value is -2.53. The average molecular weight is 332 g/mol. The van der Waals surface area contributed by atoms with Gasteiger partial charge >= 0.3 is 0 Å². The number of hydrogen-bond acceptors (Lipinski definition) is 4. The van der Waals surface area contributed by atoms with E-state index in [4.69, 9.17) is 16.3 Å². The summed E-state index contributed by atoms with van der Waals surface area (Å²) < 4.78 is 5.21. The van der Waals surface area contributed by atoms with Crippen LogP contribution < -0.4 is 15.5 Å². The minimum absolute atomic E-state index is 0.254. The molecular weight excluding hydrogens is 314 g/mol. The van der Waals surface area contributed by atoms with Gasteiger partial charge < -0.3 is 10.1 Å². The van der Waals surface area contributed by atoms with E-state index in [9.17, 15) is 4.79 Å². The number of carbonyl (C=O) groups excluding carboxylic acids is 1. The molecule has 0 spiro atoms. The Bertz CT molecular complexity index is 704.